The number of esters is 1. The lowest BCUT2D eigenvalue weighted by Gasteiger charge is -2.44. The maximum absolute atomic E-state index is 12.4. The van der Waals surface area contributed by atoms with E-state index in [1.165, 1.54) is 25.5 Å². The van der Waals surface area contributed by atoms with Crippen LogP contribution in [0.25, 0.3) is 0 Å². The molecule has 1 saturated heterocycles. The molecule has 0 radical (unpaired) electrons. The van der Waals surface area contributed by atoms with Crippen LogP contribution < -0.4 is 10.6 Å². The highest BCUT2D eigenvalue weighted by Gasteiger charge is 2.46. The van der Waals surface area contributed by atoms with Crippen molar-refractivity contribution in [1.29, 1.82) is 0 Å². The molecule has 0 atom stereocenters. The van der Waals surface area contributed by atoms with Gasteiger partial charge in [-0.3, -0.25) is 19.7 Å². The summed E-state index contributed by atoms with van der Waals surface area (Å²) in [5, 5.41) is 6.35. The predicted octanol–water partition coefficient (Wildman–Crippen LogP) is 2.78. The van der Waals surface area contributed by atoms with Crippen molar-refractivity contribution in [3.05, 3.63) is 35.4 Å². The van der Waals surface area contributed by atoms with Gasteiger partial charge in [-0.1, -0.05) is 38.1 Å². The molecule has 178 valence electrons. The molecule has 1 heterocycles. The molecule has 2 N–H and O–H groups in total. The van der Waals surface area contributed by atoms with Crippen LogP contribution in [-0.4, -0.2) is 62.5 Å². The van der Waals surface area contributed by atoms with Crippen molar-refractivity contribution in [2.24, 2.45) is 11.8 Å². The molecule has 7 nitrogen and oxygen atoms in total. The van der Waals surface area contributed by atoms with E-state index in [4.69, 9.17) is 0 Å². The molecular weight excluding hydrogens is 406 g/mol. The smallest absolute Gasteiger partial charge is 0.306 e. The Morgan fingerprint density at radius 3 is 2.47 bits per heavy atom. The molecule has 1 aliphatic carbocycles. The van der Waals surface area contributed by atoms with Gasteiger partial charge in [-0.05, 0) is 56.6 Å². The van der Waals surface area contributed by atoms with Crippen molar-refractivity contribution in [3.63, 3.8) is 0 Å². The molecule has 7 heteroatoms. The minimum absolute atomic E-state index is 0.120. The number of rotatable bonds is 8. The average molecular weight is 446 g/mol. The minimum Gasteiger partial charge on any atom is -0.469 e. The average Bonchev–Trinajstić information content (AvgIpc) is 3.11. The van der Waals surface area contributed by atoms with Gasteiger partial charge in [0.1, 0.15) is 6.29 Å². The van der Waals surface area contributed by atoms with Crippen LogP contribution in [0.5, 0.6) is 0 Å². The molecule has 1 amide bonds. The Morgan fingerprint density at radius 2 is 1.94 bits per heavy atom. The van der Waals surface area contributed by atoms with Crippen molar-refractivity contribution in [2.45, 2.75) is 58.0 Å². The zero-order valence-electron chi connectivity index (χ0n) is 20.0. The number of hydrogen-bond donors (Lipinski definition) is 2. The third-order valence-corrected chi connectivity index (χ3v) is 6.73. The van der Waals surface area contributed by atoms with Gasteiger partial charge in [-0.25, -0.2) is 0 Å². The SMILES string of the molecule is CC(C)C1CCC2(CC1)NCC(=O)N2CCc1ccc(C=O)cc1.CNCCC(=O)OC. The summed E-state index contributed by atoms with van der Waals surface area (Å²) in [7, 11) is 3.18. The number of carbonyl (C=O) groups excluding carboxylic acids is 3. The van der Waals surface area contributed by atoms with Gasteiger partial charge in [0.15, 0.2) is 0 Å². The monoisotopic (exact) mass is 445 g/mol. The summed E-state index contributed by atoms with van der Waals surface area (Å²) in [6.07, 6.45) is 6.66. The molecular formula is C25H39N3O4. The number of methoxy groups -OCH3 is 1. The number of carbonyl (C=O) groups is 3. The van der Waals surface area contributed by atoms with E-state index >= 15 is 0 Å². The second-order valence-electron chi connectivity index (χ2n) is 9.05. The number of aldehydes is 1. The summed E-state index contributed by atoms with van der Waals surface area (Å²) < 4.78 is 4.37. The molecule has 0 unspecified atom stereocenters. The second kappa shape index (κ2) is 12.7. The maximum atomic E-state index is 12.4. The largest absolute Gasteiger partial charge is 0.469 e. The predicted molar refractivity (Wildman–Crippen MR) is 125 cm³/mol. The molecule has 3 rings (SSSR count). The van der Waals surface area contributed by atoms with Crippen molar-refractivity contribution < 1.29 is 19.1 Å². The molecule has 2 aliphatic rings. The van der Waals surface area contributed by atoms with Gasteiger partial charge in [0.25, 0.3) is 0 Å². The molecule has 1 aliphatic heterocycles. The number of ether oxygens (including phenoxy) is 1. The summed E-state index contributed by atoms with van der Waals surface area (Å²) in [5.41, 5.74) is 1.75. The van der Waals surface area contributed by atoms with E-state index < -0.39 is 0 Å². The van der Waals surface area contributed by atoms with Gasteiger partial charge in [0, 0.05) is 18.7 Å². The molecule has 1 aromatic carbocycles. The fourth-order valence-electron chi connectivity index (χ4n) is 4.57. The van der Waals surface area contributed by atoms with Crippen LogP contribution in [0.15, 0.2) is 24.3 Å². The molecule has 1 aromatic rings. The van der Waals surface area contributed by atoms with Gasteiger partial charge in [-0.15, -0.1) is 0 Å². The minimum atomic E-state index is -0.167. The van der Waals surface area contributed by atoms with Crippen LogP contribution in [0, 0.1) is 11.8 Å². The van der Waals surface area contributed by atoms with E-state index in [9.17, 15) is 14.4 Å². The zero-order valence-corrected chi connectivity index (χ0v) is 20.0. The van der Waals surface area contributed by atoms with Crippen molar-refractivity contribution in [3.8, 4) is 0 Å². The van der Waals surface area contributed by atoms with Crippen LogP contribution in [0.2, 0.25) is 0 Å². The van der Waals surface area contributed by atoms with E-state index in [0.29, 0.717) is 25.1 Å². The fourth-order valence-corrected chi connectivity index (χ4v) is 4.57. The van der Waals surface area contributed by atoms with E-state index in [2.05, 4.69) is 34.1 Å². The fraction of sp³-hybridized carbons (Fsp3) is 0.640. The zero-order chi connectivity index (χ0) is 23.6. The standard InChI is InChI=1S/C20H28N2O2.C5H11NO2/c1-15(2)18-7-10-20(11-8-18)21-13-19(24)22(20)12-9-16-3-5-17(14-23)6-4-16;1-6-4-3-5(7)8-2/h3-6,14-15,18,21H,7-13H2,1-2H3;6H,3-4H2,1-2H3. The lowest BCUT2D eigenvalue weighted by atomic mass is 9.76. The number of hydrogen-bond acceptors (Lipinski definition) is 6. The summed E-state index contributed by atoms with van der Waals surface area (Å²) in [4.78, 5) is 35.5. The summed E-state index contributed by atoms with van der Waals surface area (Å²) in [6.45, 7) is 6.51. The molecule has 1 spiro atoms. The lowest BCUT2D eigenvalue weighted by Crippen LogP contribution is -2.55. The Bertz CT molecular complexity index is 740. The van der Waals surface area contributed by atoms with Crippen LogP contribution in [0.3, 0.4) is 0 Å². The van der Waals surface area contributed by atoms with Crippen molar-refractivity contribution in [1.82, 2.24) is 15.5 Å². The third kappa shape index (κ3) is 7.14. The number of amides is 1. The molecule has 0 aromatic heterocycles. The first-order chi connectivity index (χ1) is 15.3. The summed E-state index contributed by atoms with van der Waals surface area (Å²) in [6, 6.07) is 7.66. The summed E-state index contributed by atoms with van der Waals surface area (Å²) in [5.74, 6) is 1.57. The van der Waals surface area contributed by atoms with E-state index in [1.54, 1.807) is 7.05 Å². The number of benzene rings is 1. The molecule has 1 saturated carbocycles. The van der Waals surface area contributed by atoms with E-state index in [-0.39, 0.29) is 17.5 Å². The van der Waals surface area contributed by atoms with Gasteiger partial charge in [0.2, 0.25) is 5.91 Å². The number of nitrogens with one attached hydrogen (secondary N) is 2. The van der Waals surface area contributed by atoms with Crippen molar-refractivity contribution in [2.75, 3.05) is 33.8 Å². The van der Waals surface area contributed by atoms with Gasteiger partial charge >= 0.3 is 5.97 Å². The van der Waals surface area contributed by atoms with Crippen LogP contribution in [0.1, 0.15) is 61.9 Å². The first-order valence-electron chi connectivity index (χ1n) is 11.7. The quantitative estimate of drug-likeness (QED) is 0.473. The highest BCUT2D eigenvalue weighted by molar-refractivity contribution is 5.81. The lowest BCUT2D eigenvalue weighted by molar-refractivity contribution is -0.140. The third-order valence-electron chi connectivity index (χ3n) is 6.73. The second-order valence-corrected chi connectivity index (χ2v) is 9.05. The van der Waals surface area contributed by atoms with Crippen LogP contribution in [-0.2, 0) is 20.7 Å². The normalized spacial score (nSPS) is 22.6. The number of nitrogens with zero attached hydrogens (tertiary/aromatic N) is 1. The maximum Gasteiger partial charge on any atom is 0.306 e. The van der Waals surface area contributed by atoms with Gasteiger partial charge in [-0.2, -0.15) is 0 Å². The van der Waals surface area contributed by atoms with Crippen LogP contribution in [0.4, 0.5) is 0 Å². The van der Waals surface area contributed by atoms with Gasteiger partial charge in [0.05, 0.1) is 25.7 Å². The Morgan fingerprint density at radius 1 is 1.28 bits per heavy atom. The molecule has 32 heavy (non-hydrogen) atoms. The highest BCUT2D eigenvalue weighted by Crippen LogP contribution is 2.39. The summed E-state index contributed by atoms with van der Waals surface area (Å²) >= 11 is 0. The highest BCUT2D eigenvalue weighted by atomic mass is 16.5. The Balaban J connectivity index is 0.000000390. The Kier molecular flexibility index (Phi) is 10.3. The van der Waals surface area contributed by atoms with Crippen molar-refractivity contribution >= 4 is 18.2 Å². The Labute approximate surface area is 192 Å². The Hall–Kier alpha value is -2.25. The van der Waals surface area contributed by atoms with Crippen LogP contribution >= 0.6 is 0 Å². The molecule has 0 bridgehead atoms. The first-order valence-corrected chi connectivity index (χ1v) is 11.7. The van der Waals surface area contributed by atoms with E-state index in [1.807, 2.05) is 24.3 Å². The van der Waals surface area contributed by atoms with E-state index in [0.717, 1.165) is 43.9 Å². The topological polar surface area (TPSA) is 87.7 Å². The first kappa shape index (κ1) is 26.0. The molecule has 2 fully saturated rings. The van der Waals surface area contributed by atoms with Gasteiger partial charge < -0.3 is 15.0 Å².